The van der Waals surface area contributed by atoms with Gasteiger partial charge >= 0.3 is 0 Å². The van der Waals surface area contributed by atoms with Crippen molar-refractivity contribution in [2.24, 2.45) is 5.10 Å². The van der Waals surface area contributed by atoms with E-state index in [1.165, 1.54) is 36.2 Å². The van der Waals surface area contributed by atoms with Crippen molar-refractivity contribution in [1.82, 2.24) is 20.2 Å². The van der Waals surface area contributed by atoms with Gasteiger partial charge in [-0.05, 0) is 37.3 Å². The maximum absolute atomic E-state index is 12.2. The number of carbonyl (C=O) groups excluding carboxylic acids is 1. The Morgan fingerprint density at radius 2 is 2.06 bits per heavy atom. The molecule has 0 aliphatic heterocycles. The van der Waals surface area contributed by atoms with Crippen LogP contribution in [0.2, 0.25) is 5.02 Å². The summed E-state index contributed by atoms with van der Waals surface area (Å²) in [5, 5.41) is 24.0. The fourth-order valence-corrected chi connectivity index (χ4v) is 3.68. The predicted octanol–water partition coefficient (Wildman–Crippen LogP) is 3.78. The molecule has 0 spiro atoms. The zero-order valence-corrected chi connectivity index (χ0v) is 18.8. The number of nitrogens with zero attached hydrogens (tertiary/aromatic N) is 5. The van der Waals surface area contributed by atoms with Crippen LogP contribution in [0.4, 0.5) is 5.69 Å². The minimum absolute atomic E-state index is 0.0563. The van der Waals surface area contributed by atoms with E-state index in [1.54, 1.807) is 7.11 Å². The Balaban J connectivity index is 1.61. The summed E-state index contributed by atoms with van der Waals surface area (Å²) >= 11 is 7.23. The first-order valence-electron chi connectivity index (χ1n) is 9.39. The number of hydrogen-bond acceptors (Lipinski definition) is 8. The van der Waals surface area contributed by atoms with Crippen LogP contribution in [0.3, 0.4) is 0 Å². The van der Waals surface area contributed by atoms with Crippen LogP contribution in [0.15, 0.2) is 52.7 Å². The molecule has 1 N–H and O–H groups in total. The van der Waals surface area contributed by atoms with E-state index < -0.39 is 4.92 Å². The van der Waals surface area contributed by atoms with Crippen LogP contribution in [-0.2, 0) is 11.3 Å². The molecule has 3 rings (SSSR count). The van der Waals surface area contributed by atoms with Crippen LogP contribution >= 0.6 is 23.4 Å². The number of nitro groups is 1. The maximum atomic E-state index is 12.2. The first-order chi connectivity index (χ1) is 15.4. The Hall–Kier alpha value is -3.44. The summed E-state index contributed by atoms with van der Waals surface area (Å²) < 4.78 is 7.08. The van der Waals surface area contributed by atoms with E-state index in [0.717, 1.165) is 11.3 Å². The molecule has 1 amide bonds. The molecule has 0 saturated heterocycles. The molecule has 0 saturated carbocycles. The molecular formula is C20H19ClN6O4S. The van der Waals surface area contributed by atoms with E-state index in [0.29, 0.717) is 23.1 Å². The number of thioether (sulfide) groups is 1. The zero-order chi connectivity index (χ0) is 23.1. The predicted molar refractivity (Wildman–Crippen MR) is 122 cm³/mol. The van der Waals surface area contributed by atoms with E-state index >= 15 is 0 Å². The van der Waals surface area contributed by atoms with Gasteiger partial charge in [0.25, 0.3) is 11.6 Å². The Labute approximate surface area is 192 Å². The van der Waals surface area contributed by atoms with Gasteiger partial charge in [-0.3, -0.25) is 14.9 Å². The number of halogens is 1. The fraction of sp³-hybridized carbons (Fsp3) is 0.200. The standard InChI is InChI=1S/C20H19ClN6O4S/c1-3-26-19(13-4-7-16(31-2)8-5-13)24-25-20(26)32-12-18(28)23-22-11-14-10-15(27(29)30)6-9-17(14)21/h4-11H,3,12H2,1-2H3,(H,23,28). The third-order valence-electron chi connectivity index (χ3n) is 4.30. The second kappa shape index (κ2) is 10.7. The Bertz CT molecular complexity index is 1150. The monoisotopic (exact) mass is 474 g/mol. The van der Waals surface area contributed by atoms with Crippen LogP contribution in [-0.4, -0.2) is 44.7 Å². The molecule has 0 unspecified atom stereocenters. The van der Waals surface area contributed by atoms with Crippen LogP contribution in [0.5, 0.6) is 5.75 Å². The molecule has 1 heterocycles. The summed E-state index contributed by atoms with van der Waals surface area (Å²) in [5.41, 5.74) is 3.46. The number of methoxy groups -OCH3 is 1. The van der Waals surface area contributed by atoms with Gasteiger partial charge in [0.1, 0.15) is 5.75 Å². The third kappa shape index (κ3) is 5.62. The van der Waals surface area contributed by atoms with E-state index in [2.05, 4.69) is 20.7 Å². The summed E-state index contributed by atoms with van der Waals surface area (Å²) in [4.78, 5) is 22.5. The number of ether oxygens (including phenoxy) is 1. The summed E-state index contributed by atoms with van der Waals surface area (Å²) in [7, 11) is 1.60. The number of carbonyl (C=O) groups is 1. The molecule has 32 heavy (non-hydrogen) atoms. The molecule has 0 fully saturated rings. The molecule has 3 aromatic rings. The van der Waals surface area contributed by atoms with E-state index in [9.17, 15) is 14.9 Å². The van der Waals surface area contributed by atoms with Gasteiger partial charge in [0.2, 0.25) is 0 Å². The lowest BCUT2D eigenvalue weighted by Gasteiger charge is -2.07. The number of amides is 1. The second-order valence-electron chi connectivity index (χ2n) is 6.32. The number of non-ortho nitro benzene ring substituents is 1. The highest BCUT2D eigenvalue weighted by atomic mass is 35.5. The van der Waals surface area contributed by atoms with E-state index in [-0.39, 0.29) is 22.4 Å². The van der Waals surface area contributed by atoms with Gasteiger partial charge in [-0.15, -0.1) is 10.2 Å². The molecule has 1 aromatic heterocycles. The number of benzene rings is 2. The number of nitro benzene ring substituents is 1. The Morgan fingerprint density at radius 3 is 2.72 bits per heavy atom. The Kier molecular flexibility index (Phi) is 7.79. The minimum atomic E-state index is -0.535. The van der Waals surface area contributed by atoms with Crippen LogP contribution in [0.25, 0.3) is 11.4 Å². The van der Waals surface area contributed by atoms with Crippen molar-refractivity contribution in [2.45, 2.75) is 18.6 Å². The van der Waals surface area contributed by atoms with Gasteiger partial charge in [0.05, 0.1) is 24.0 Å². The second-order valence-corrected chi connectivity index (χ2v) is 7.67. The molecule has 0 aliphatic carbocycles. The van der Waals surface area contributed by atoms with Gasteiger partial charge in [0, 0.05) is 34.8 Å². The van der Waals surface area contributed by atoms with Crippen molar-refractivity contribution < 1.29 is 14.5 Å². The first kappa shape index (κ1) is 23.2. The average Bonchev–Trinajstić information content (AvgIpc) is 3.21. The van der Waals surface area contributed by atoms with Crippen LogP contribution in [0.1, 0.15) is 12.5 Å². The molecule has 0 bridgehead atoms. The highest BCUT2D eigenvalue weighted by molar-refractivity contribution is 7.99. The highest BCUT2D eigenvalue weighted by Crippen LogP contribution is 2.25. The summed E-state index contributed by atoms with van der Waals surface area (Å²) in [6.07, 6.45) is 1.26. The number of rotatable bonds is 9. The fourth-order valence-electron chi connectivity index (χ4n) is 2.71. The van der Waals surface area contributed by atoms with Gasteiger partial charge < -0.3 is 9.30 Å². The number of nitrogens with one attached hydrogen (secondary N) is 1. The largest absolute Gasteiger partial charge is 0.497 e. The number of hydrogen-bond donors (Lipinski definition) is 1. The molecule has 2 aromatic carbocycles. The Morgan fingerprint density at radius 1 is 1.31 bits per heavy atom. The maximum Gasteiger partial charge on any atom is 0.270 e. The van der Waals surface area contributed by atoms with E-state index in [1.807, 2.05) is 35.8 Å². The lowest BCUT2D eigenvalue weighted by atomic mass is 10.2. The molecule has 10 nitrogen and oxygen atoms in total. The minimum Gasteiger partial charge on any atom is -0.497 e. The summed E-state index contributed by atoms with van der Waals surface area (Å²) in [6.45, 7) is 2.59. The molecule has 12 heteroatoms. The molecule has 0 aliphatic rings. The normalized spacial score (nSPS) is 11.0. The van der Waals surface area contributed by atoms with Crippen molar-refractivity contribution in [3.63, 3.8) is 0 Å². The highest BCUT2D eigenvalue weighted by Gasteiger charge is 2.15. The lowest BCUT2D eigenvalue weighted by molar-refractivity contribution is -0.384. The SMILES string of the molecule is CCn1c(SCC(=O)NN=Cc2cc([N+](=O)[O-])ccc2Cl)nnc1-c1ccc(OC)cc1. The van der Waals surface area contributed by atoms with Crippen molar-refractivity contribution in [2.75, 3.05) is 12.9 Å². The first-order valence-corrected chi connectivity index (χ1v) is 10.8. The smallest absolute Gasteiger partial charge is 0.270 e. The van der Waals surface area contributed by atoms with Gasteiger partial charge in [-0.25, -0.2) is 5.43 Å². The van der Waals surface area contributed by atoms with Gasteiger partial charge in [-0.1, -0.05) is 23.4 Å². The molecule has 0 radical (unpaired) electrons. The van der Waals surface area contributed by atoms with Crippen LogP contribution in [0, 0.1) is 10.1 Å². The quantitative estimate of drug-likeness (QED) is 0.216. The van der Waals surface area contributed by atoms with Crippen LogP contribution < -0.4 is 10.2 Å². The number of hydrazone groups is 1. The lowest BCUT2D eigenvalue weighted by Crippen LogP contribution is -2.20. The van der Waals surface area contributed by atoms with Crippen molar-refractivity contribution >= 4 is 41.2 Å². The van der Waals surface area contributed by atoms with Gasteiger partial charge in [-0.2, -0.15) is 5.10 Å². The zero-order valence-electron chi connectivity index (χ0n) is 17.2. The third-order valence-corrected chi connectivity index (χ3v) is 5.61. The van der Waals surface area contributed by atoms with Crippen molar-refractivity contribution in [3.8, 4) is 17.1 Å². The molecular weight excluding hydrogens is 456 g/mol. The molecule has 166 valence electrons. The van der Waals surface area contributed by atoms with Gasteiger partial charge in [0.15, 0.2) is 11.0 Å². The topological polar surface area (TPSA) is 125 Å². The number of aromatic nitrogens is 3. The van der Waals surface area contributed by atoms with E-state index in [4.69, 9.17) is 16.3 Å². The van der Waals surface area contributed by atoms with Crippen molar-refractivity contribution in [1.29, 1.82) is 0 Å². The molecule has 0 atom stereocenters. The average molecular weight is 475 g/mol. The van der Waals surface area contributed by atoms with Crippen molar-refractivity contribution in [3.05, 3.63) is 63.2 Å². The summed E-state index contributed by atoms with van der Waals surface area (Å²) in [5.74, 6) is 1.12. The summed E-state index contributed by atoms with van der Waals surface area (Å²) in [6, 6.07) is 11.4.